The van der Waals surface area contributed by atoms with Gasteiger partial charge in [-0.05, 0) is 31.5 Å². The van der Waals surface area contributed by atoms with Gasteiger partial charge >= 0.3 is 5.69 Å². The van der Waals surface area contributed by atoms with Gasteiger partial charge in [-0.25, -0.2) is 4.98 Å². The van der Waals surface area contributed by atoms with Crippen LogP contribution in [0.15, 0.2) is 59.8 Å². The summed E-state index contributed by atoms with van der Waals surface area (Å²) in [7, 11) is 0. The number of hydrazone groups is 1. The lowest BCUT2D eigenvalue weighted by Crippen LogP contribution is -2.04. The lowest BCUT2D eigenvalue weighted by atomic mass is 10.2. The number of hydrogen-bond donors (Lipinski definition) is 1. The zero-order valence-electron chi connectivity index (χ0n) is 14.6. The number of aromatic nitrogens is 2. The number of nitro groups is 1. The van der Waals surface area contributed by atoms with Crippen molar-refractivity contribution in [3.05, 3.63) is 87.4 Å². The van der Waals surface area contributed by atoms with Gasteiger partial charge in [0.15, 0.2) is 0 Å². The summed E-state index contributed by atoms with van der Waals surface area (Å²) in [6, 6.07) is 15.2. The van der Waals surface area contributed by atoms with Crippen LogP contribution in [0.1, 0.15) is 22.5 Å². The third kappa shape index (κ3) is 3.77. The summed E-state index contributed by atoms with van der Waals surface area (Å²) in [5, 5.41) is 15.1. The summed E-state index contributed by atoms with van der Waals surface area (Å²) in [5.41, 5.74) is 6.91. The van der Waals surface area contributed by atoms with E-state index in [0.717, 1.165) is 23.5 Å². The van der Waals surface area contributed by atoms with Gasteiger partial charge in [-0.15, -0.1) is 0 Å². The molecule has 0 bridgehead atoms. The maximum atomic E-state index is 11.0. The average Bonchev–Trinajstić information content (AvgIpc) is 2.90. The Balaban J connectivity index is 1.78. The second-order valence-electron chi connectivity index (χ2n) is 5.90. The molecule has 0 aliphatic rings. The standard InChI is InChI=1S/C19H19N5O2/c1-14-11-17(15(2)23(14)13-16-7-4-3-5-8-16)12-21-22-19-18(24(25)26)9-6-10-20-19/h3-12H,13H2,1-2H3,(H,20,22)/b21-12-. The minimum absolute atomic E-state index is 0.112. The van der Waals surface area contributed by atoms with Gasteiger partial charge in [0.1, 0.15) is 0 Å². The first-order chi connectivity index (χ1) is 12.6. The van der Waals surface area contributed by atoms with Crippen molar-refractivity contribution in [2.75, 3.05) is 5.43 Å². The fourth-order valence-corrected chi connectivity index (χ4v) is 2.76. The van der Waals surface area contributed by atoms with Crippen LogP contribution >= 0.6 is 0 Å². The molecular weight excluding hydrogens is 330 g/mol. The lowest BCUT2D eigenvalue weighted by Gasteiger charge is -2.09. The van der Waals surface area contributed by atoms with Gasteiger partial charge in [0.05, 0.1) is 11.1 Å². The van der Waals surface area contributed by atoms with E-state index in [4.69, 9.17) is 0 Å². The molecule has 0 aliphatic heterocycles. The van der Waals surface area contributed by atoms with Crippen molar-refractivity contribution in [2.45, 2.75) is 20.4 Å². The van der Waals surface area contributed by atoms with E-state index in [-0.39, 0.29) is 11.5 Å². The molecule has 3 rings (SSSR count). The molecule has 0 aliphatic carbocycles. The highest BCUT2D eigenvalue weighted by atomic mass is 16.6. The fourth-order valence-electron chi connectivity index (χ4n) is 2.76. The van der Waals surface area contributed by atoms with Crippen molar-refractivity contribution in [2.24, 2.45) is 5.10 Å². The van der Waals surface area contributed by atoms with Crippen molar-refractivity contribution < 1.29 is 4.92 Å². The molecular formula is C19H19N5O2. The molecule has 0 radical (unpaired) electrons. The molecule has 0 fully saturated rings. The van der Waals surface area contributed by atoms with Crippen molar-refractivity contribution in [1.82, 2.24) is 9.55 Å². The number of benzene rings is 1. The average molecular weight is 349 g/mol. The summed E-state index contributed by atoms with van der Waals surface area (Å²) in [6.07, 6.45) is 3.14. The van der Waals surface area contributed by atoms with E-state index in [1.54, 1.807) is 6.21 Å². The van der Waals surface area contributed by atoms with Gasteiger partial charge in [0.2, 0.25) is 5.82 Å². The molecule has 0 amide bonds. The van der Waals surface area contributed by atoms with E-state index in [0.29, 0.717) is 0 Å². The van der Waals surface area contributed by atoms with Gasteiger partial charge in [0, 0.05) is 35.8 Å². The van der Waals surface area contributed by atoms with E-state index in [2.05, 4.69) is 32.2 Å². The Morgan fingerprint density at radius 2 is 2.00 bits per heavy atom. The molecule has 1 aromatic carbocycles. The van der Waals surface area contributed by atoms with Crippen molar-refractivity contribution in [3.8, 4) is 0 Å². The fraction of sp³-hybridized carbons (Fsp3) is 0.158. The number of hydrogen-bond acceptors (Lipinski definition) is 5. The largest absolute Gasteiger partial charge is 0.344 e. The van der Waals surface area contributed by atoms with Crippen molar-refractivity contribution >= 4 is 17.7 Å². The van der Waals surface area contributed by atoms with Crippen LogP contribution in [0.3, 0.4) is 0 Å². The predicted octanol–water partition coefficient (Wildman–Crippen LogP) is 3.90. The Morgan fingerprint density at radius 1 is 1.23 bits per heavy atom. The molecule has 0 saturated heterocycles. The minimum atomic E-state index is -0.489. The highest BCUT2D eigenvalue weighted by molar-refractivity contribution is 5.82. The van der Waals surface area contributed by atoms with Crippen molar-refractivity contribution in [1.29, 1.82) is 0 Å². The minimum Gasteiger partial charge on any atom is -0.344 e. The van der Waals surface area contributed by atoms with E-state index < -0.39 is 4.92 Å². The van der Waals surface area contributed by atoms with Gasteiger partial charge in [-0.2, -0.15) is 5.10 Å². The third-order valence-electron chi connectivity index (χ3n) is 4.15. The summed E-state index contributed by atoms with van der Waals surface area (Å²) >= 11 is 0. The Bertz CT molecular complexity index is 948. The number of anilines is 1. The molecule has 132 valence electrons. The number of pyridine rings is 1. The Morgan fingerprint density at radius 3 is 2.73 bits per heavy atom. The summed E-state index contributed by atoms with van der Waals surface area (Å²) in [5.74, 6) is 0.117. The summed E-state index contributed by atoms with van der Waals surface area (Å²) < 4.78 is 2.21. The second kappa shape index (κ2) is 7.60. The molecule has 7 heteroatoms. The first-order valence-electron chi connectivity index (χ1n) is 8.15. The quantitative estimate of drug-likeness (QED) is 0.415. The molecule has 3 aromatic rings. The molecule has 0 spiro atoms. The first-order valence-corrected chi connectivity index (χ1v) is 8.15. The smallest absolute Gasteiger partial charge is 0.313 e. The zero-order valence-corrected chi connectivity index (χ0v) is 14.6. The van der Waals surface area contributed by atoms with Crippen LogP contribution in [0, 0.1) is 24.0 Å². The van der Waals surface area contributed by atoms with Crippen LogP contribution in [0.4, 0.5) is 11.5 Å². The monoisotopic (exact) mass is 349 g/mol. The van der Waals surface area contributed by atoms with Crippen LogP contribution in [0.5, 0.6) is 0 Å². The second-order valence-corrected chi connectivity index (χ2v) is 5.90. The molecule has 0 saturated carbocycles. The Labute approximate surface area is 151 Å². The molecule has 2 heterocycles. The van der Waals surface area contributed by atoms with Crippen LogP contribution in [0.25, 0.3) is 0 Å². The zero-order chi connectivity index (χ0) is 18.5. The molecule has 7 nitrogen and oxygen atoms in total. The van der Waals surface area contributed by atoms with Gasteiger partial charge in [-0.3, -0.25) is 15.5 Å². The maximum Gasteiger partial charge on any atom is 0.313 e. The molecule has 1 N–H and O–H groups in total. The maximum absolute atomic E-state index is 11.0. The van der Waals surface area contributed by atoms with E-state index in [9.17, 15) is 10.1 Å². The van der Waals surface area contributed by atoms with Crippen LogP contribution in [-0.4, -0.2) is 20.7 Å². The summed E-state index contributed by atoms with van der Waals surface area (Å²) in [4.78, 5) is 14.5. The van der Waals surface area contributed by atoms with Gasteiger partial charge < -0.3 is 4.57 Å². The number of rotatable bonds is 6. The number of nitrogens with zero attached hydrogens (tertiary/aromatic N) is 4. The highest BCUT2D eigenvalue weighted by Crippen LogP contribution is 2.20. The molecule has 0 atom stereocenters. The SMILES string of the molecule is Cc1cc(/C=N\Nc2ncccc2[N+](=O)[O-])c(C)n1Cc1ccccc1. The van der Waals surface area contributed by atoms with Crippen molar-refractivity contribution in [3.63, 3.8) is 0 Å². The Hall–Kier alpha value is -3.48. The van der Waals surface area contributed by atoms with Crippen LogP contribution in [-0.2, 0) is 6.54 Å². The number of nitrogens with one attached hydrogen (secondary N) is 1. The van der Waals surface area contributed by atoms with Crippen LogP contribution < -0.4 is 5.43 Å². The van der Waals surface area contributed by atoms with E-state index >= 15 is 0 Å². The lowest BCUT2D eigenvalue weighted by molar-refractivity contribution is -0.384. The number of aryl methyl sites for hydroxylation is 1. The van der Waals surface area contributed by atoms with Gasteiger partial charge in [-0.1, -0.05) is 30.3 Å². The van der Waals surface area contributed by atoms with Gasteiger partial charge in [0.25, 0.3) is 0 Å². The third-order valence-corrected chi connectivity index (χ3v) is 4.15. The first kappa shape index (κ1) is 17.3. The highest BCUT2D eigenvalue weighted by Gasteiger charge is 2.13. The predicted molar refractivity (Wildman–Crippen MR) is 102 cm³/mol. The summed E-state index contributed by atoms with van der Waals surface area (Å²) in [6.45, 7) is 4.86. The normalized spacial score (nSPS) is 11.0. The van der Waals surface area contributed by atoms with E-state index in [1.807, 2.05) is 38.1 Å². The molecule has 0 unspecified atom stereocenters. The van der Waals surface area contributed by atoms with E-state index in [1.165, 1.54) is 23.9 Å². The van der Waals surface area contributed by atoms with Crippen LogP contribution in [0.2, 0.25) is 0 Å². The molecule has 26 heavy (non-hydrogen) atoms. The topological polar surface area (TPSA) is 85.3 Å². The Kier molecular flexibility index (Phi) is 5.07. The molecule has 2 aromatic heterocycles.